The molecule has 1 aliphatic rings. The third kappa shape index (κ3) is 1.84. The molecule has 1 aromatic carbocycles. The monoisotopic (exact) mass is 257 g/mol. The van der Waals surface area contributed by atoms with Crippen LogP contribution in [0.2, 0.25) is 0 Å². The molecule has 0 saturated heterocycles. The summed E-state index contributed by atoms with van der Waals surface area (Å²) in [6, 6.07) is 5.14. The fourth-order valence-corrected chi connectivity index (χ4v) is 2.19. The average molecular weight is 258 g/mol. The molecule has 1 N–H and O–H groups in total. The highest BCUT2D eigenvalue weighted by Crippen LogP contribution is 2.39. The lowest BCUT2D eigenvalue weighted by atomic mass is 10.0. The molecule has 1 saturated carbocycles. The van der Waals surface area contributed by atoms with E-state index in [1.165, 1.54) is 6.07 Å². The molecule has 0 spiro atoms. The molecule has 0 unspecified atom stereocenters. The topological polar surface area (TPSA) is 12.0 Å². The summed E-state index contributed by atoms with van der Waals surface area (Å²) in [4.78, 5) is 0. The highest BCUT2D eigenvalue weighted by molar-refractivity contribution is 9.10. The molecule has 0 heterocycles. The highest BCUT2D eigenvalue weighted by atomic mass is 79.9. The van der Waals surface area contributed by atoms with Gasteiger partial charge >= 0.3 is 0 Å². The Morgan fingerprint density at radius 1 is 1.50 bits per heavy atom. The van der Waals surface area contributed by atoms with Crippen molar-refractivity contribution in [3.63, 3.8) is 0 Å². The highest BCUT2D eigenvalue weighted by Gasteiger charge is 2.41. The van der Waals surface area contributed by atoms with Crippen LogP contribution in [0.5, 0.6) is 0 Å². The van der Waals surface area contributed by atoms with Gasteiger partial charge in [0.25, 0.3) is 0 Å². The minimum atomic E-state index is -0.110. The molecule has 3 heteroatoms. The second-order valence-corrected chi connectivity index (χ2v) is 4.76. The second kappa shape index (κ2) is 3.63. The van der Waals surface area contributed by atoms with Crippen molar-refractivity contribution in [1.82, 2.24) is 5.32 Å². The van der Waals surface area contributed by atoms with Gasteiger partial charge in [-0.05, 0) is 38.4 Å². The molecule has 2 rings (SSSR count). The van der Waals surface area contributed by atoms with Crippen molar-refractivity contribution in [2.45, 2.75) is 24.8 Å². The molecular formula is C11H13BrFN. The van der Waals surface area contributed by atoms with Crippen LogP contribution in [0.4, 0.5) is 4.39 Å². The molecule has 1 aliphatic carbocycles. The summed E-state index contributed by atoms with van der Waals surface area (Å²) >= 11 is 3.39. The summed E-state index contributed by atoms with van der Waals surface area (Å²) in [5.74, 6) is -0.110. The number of hydrogen-bond acceptors (Lipinski definition) is 1. The first-order chi connectivity index (χ1) is 6.67. The molecule has 0 atom stereocenters. The molecular weight excluding hydrogens is 245 g/mol. The summed E-state index contributed by atoms with van der Waals surface area (Å²) in [5.41, 5.74) is 0.949. The van der Waals surface area contributed by atoms with Gasteiger partial charge in [-0.25, -0.2) is 4.39 Å². The first kappa shape index (κ1) is 10.1. The van der Waals surface area contributed by atoms with Gasteiger partial charge < -0.3 is 5.32 Å². The van der Waals surface area contributed by atoms with Crippen molar-refractivity contribution in [2.24, 2.45) is 0 Å². The Labute approximate surface area is 91.8 Å². The maximum atomic E-state index is 13.5. The third-order valence-electron chi connectivity index (χ3n) is 2.96. The van der Waals surface area contributed by atoms with Crippen LogP contribution in [-0.4, -0.2) is 12.6 Å². The molecule has 76 valence electrons. The van der Waals surface area contributed by atoms with E-state index in [2.05, 4.69) is 21.2 Å². The molecule has 0 radical (unpaired) electrons. The number of nitrogens with one attached hydrogen (secondary N) is 1. The van der Waals surface area contributed by atoms with Crippen molar-refractivity contribution in [2.75, 3.05) is 7.05 Å². The van der Waals surface area contributed by atoms with E-state index in [1.807, 2.05) is 13.1 Å². The van der Waals surface area contributed by atoms with Gasteiger partial charge in [0.1, 0.15) is 5.82 Å². The lowest BCUT2D eigenvalue weighted by Gasteiger charge is -2.15. The quantitative estimate of drug-likeness (QED) is 0.879. The summed E-state index contributed by atoms with van der Waals surface area (Å²) in [5, 5.41) is 3.27. The minimum Gasteiger partial charge on any atom is -0.314 e. The van der Waals surface area contributed by atoms with E-state index in [4.69, 9.17) is 0 Å². The van der Waals surface area contributed by atoms with Crippen LogP contribution in [0.1, 0.15) is 18.4 Å². The van der Waals surface area contributed by atoms with Crippen molar-refractivity contribution in [3.8, 4) is 0 Å². The molecule has 0 aliphatic heterocycles. The van der Waals surface area contributed by atoms with E-state index < -0.39 is 0 Å². The maximum Gasteiger partial charge on any atom is 0.127 e. The van der Waals surface area contributed by atoms with Gasteiger partial charge in [-0.1, -0.05) is 22.0 Å². The van der Waals surface area contributed by atoms with E-state index in [0.717, 1.165) is 29.3 Å². The van der Waals surface area contributed by atoms with Crippen molar-refractivity contribution in [3.05, 3.63) is 34.1 Å². The summed E-state index contributed by atoms with van der Waals surface area (Å²) in [7, 11) is 1.95. The molecule has 0 aromatic heterocycles. The number of likely N-dealkylation sites (N-methyl/N-ethyl adjacent to an activating group) is 1. The van der Waals surface area contributed by atoms with Gasteiger partial charge in [0.05, 0.1) is 0 Å². The third-order valence-corrected chi connectivity index (χ3v) is 3.70. The molecule has 0 bridgehead atoms. The van der Waals surface area contributed by atoms with E-state index in [-0.39, 0.29) is 11.4 Å². The zero-order chi connectivity index (χ0) is 10.2. The predicted molar refractivity (Wildman–Crippen MR) is 58.8 cm³/mol. The zero-order valence-corrected chi connectivity index (χ0v) is 9.70. The number of hydrogen-bond donors (Lipinski definition) is 1. The van der Waals surface area contributed by atoms with Crippen molar-refractivity contribution in [1.29, 1.82) is 0 Å². The largest absolute Gasteiger partial charge is 0.314 e. The van der Waals surface area contributed by atoms with Crippen LogP contribution >= 0.6 is 15.9 Å². The van der Waals surface area contributed by atoms with Gasteiger partial charge in [0, 0.05) is 15.6 Å². The Balaban J connectivity index is 2.24. The standard InChI is InChI=1S/C11H13BrFN/c1-14-11(5-6-11)7-8-9(12)3-2-4-10(8)13/h2-4,14H,5-7H2,1H3. The molecule has 14 heavy (non-hydrogen) atoms. The van der Waals surface area contributed by atoms with E-state index in [0.29, 0.717) is 0 Å². The van der Waals surface area contributed by atoms with Crippen molar-refractivity contribution >= 4 is 15.9 Å². The fraction of sp³-hybridized carbons (Fsp3) is 0.455. The van der Waals surface area contributed by atoms with Gasteiger partial charge in [-0.3, -0.25) is 0 Å². The first-order valence-electron chi connectivity index (χ1n) is 4.79. The number of rotatable bonds is 3. The van der Waals surface area contributed by atoms with Crippen LogP contribution in [-0.2, 0) is 6.42 Å². The average Bonchev–Trinajstić information content (AvgIpc) is 2.93. The Bertz CT molecular complexity index is 327. The van der Waals surface area contributed by atoms with E-state index >= 15 is 0 Å². The Morgan fingerprint density at radius 2 is 2.21 bits per heavy atom. The normalized spacial score (nSPS) is 18.2. The molecule has 0 amide bonds. The number of benzene rings is 1. The predicted octanol–water partition coefficient (Wildman–Crippen LogP) is 2.88. The van der Waals surface area contributed by atoms with E-state index in [9.17, 15) is 4.39 Å². The first-order valence-corrected chi connectivity index (χ1v) is 5.58. The smallest absolute Gasteiger partial charge is 0.127 e. The SMILES string of the molecule is CNC1(Cc2c(F)cccc2Br)CC1. The number of halogens is 2. The van der Waals surface area contributed by atoms with Crippen LogP contribution in [0, 0.1) is 5.82 Å². The Kier molecular flexibility index (Phi) is 2.62. The molecule has 1 nitrogen and oxygen atoms in total. The van der Waals surface area contributed by atoms with Gasteiger partial charge in [0.15, 0.2) is 0 Å². The van der Waals surface area contributed by atoms with Crippen LogP contribution in [0.25, 0.3) is 0 Å². The van der Waals surface area contributed by atoms with Crippen LogP contribution in [0.3, 0.4) is 0 Å². The lowest BCUT2D eigenvalue weighted by molar-refractivity contribution is 0.523. The zero-order valence-electron chi connectivity index (χ0n) is 8.11. The summed E-state index contributed by atoms with van der Waals surface area (Å²) < 4.78 is 14.4. The summed E-state index contributed by atoms with van der Waals surface area (Å²) in [6.45, 7) is 0. The van der Waals surface area contributed by atoms with Gasteiger partial charge in [-0.2, -0.15) is 0 Å². The Hall–Kier alpha value is -0.410. The van der Waals surface area contributed by atoms with Crippen molar-refractivity contribution < 1.29 is 4.39 Å². The fourth-order valence-electron chi connectivity index (χ4n) is 1.71. The van der Waals surface area contributed by atoms with Crippen LogP contribution in [0.15, 0.2) is 22.7 Å². The van der Waals surface area contributed by atoms with Gasteiger partial charge in [0.2, 0.25) is 0 Å². The molecule has 1 fully saturated rings. The molecule has 1 aromatic rings. The minimum absolute atomic E-state index is 0.110. The van der Waals surface area contributed by atoms with Crippen LogP contribution < -0.4 is 5.32 Å². The second-order valence-electron chi connectivity index (χ2n) is 3.91. The Morgan fingerprint density at radius 3 is 2.71 bits per heavy atom. The van der Waals surface area contributed by atoms with E-state index in [1.54, 1.807) is 6.07 Å². The van der Waals surface area contributed by atoms with Gasteiger partial charge in [-0.15, -0.1) is 0 Å². The maximum absolute atomic E-state index is 13.5. The summed E-state index contributed by atoms with van der Waals surface area (Å²) in [6.07, 6.45) is 3.06. The lowest BCUT2D eigenvalue weighted by Crippen LogP contribution is -2.30.